The first-order valence-electron chi connectivity index (χ1n) is 4.38. The first kappa shape index (κ1) is 14.7. The predicted octanol–water partition coefficient (Wildman–Crippen LogP) is -1.06. The summed E-state index contributed by atoms with van der Waals surface area (Å²) in [4.78, 5) is 10.9. The van der Waals surface area contributed by atoms with E-state index in [1.54, 1.807) is 12.1 Å². The third-order valence-corrected chi connectivity index (χ3v) is 2.51. The Morgan fingerprint density at radius 2 is 1.93 bits per heavy atom. The summed E-state index contributed by atoms with van der Waals surface area (Å²) >= 11 is 0. The zero-order valence-corrected chi connectivity index (χ0v) is 13.3. The van der Waals surface area contributed by atoms with E-state index in [1.807, 2.05) is 12.1 Å². The van der Waals surface area contributed by atoms with E-state index in [0.717, 1.165) is 0 Å². The Morgan fingerprint density at radius 1 is 1.21 bits per heavy atom. The number of hydrogen-bond donors (Lipinski definition) is 0. The van der Waals surface area contributed by atoms with Gasteiger partial charge in [-0.3, -0.25) is 0 Å². The Labute approximate surface area is 133 Å². The van der Waals surface area contributed by atoms with Crippen molar-refractivity contribution < 1.29 is 63.7 Å². The molecule has 1 aromatic carbocycles. The van der Waals surface area contributed by atoms with E-state index in [0.29, 0.717) is 5.92 Å². The van der Waals surface area contributed by atoms with Gasteiger partial charge in [-0.25, -0.2) is 0 Å². The first-order chi connectivity index (χ1) is 5.86. The molecule has 0 saturated heterocycles. The van der Waals surface area contributed by atoms with Gasteiger partial charge in [-0.1, -0.05) is 6.42 Å². The van der Waals surface area contributed by atoms with E-state index in [4.69, 9.17) is 0 Å². The monoisotopic (exact) mass is 261 g/mol. The van der Waals surface area contributed by atoms with Gasteiger partial charge in [0.2, 0.25) is 0 Å². The molecule has 2 nitrogen and oxygen atoms in total. The minimum Gasteiger partial charge on any atom is -0.870 e. The van der Waals surface area contributed by atoms with Crippen molar-refractivity contribution in [3.63, 3.8) is 0 Å². The zero-order chi connectivity index (χ0) is 8.39. The Hall–Kier alpha value is 0.655. The third kappa shape index (κ3) is 3.67. The zero-order valence-electron chi connectivity index (χ0n) is 8.36. The Kier molecular flexibility index (Phi) is 7.34. The second kappa shape index (κ2) is 7.02. The van der Waals surface area contributed by atoms with Gasteiger partial charge in [0.05, 0.1) is 5.43 Å². The van der Waals surface area contributed by atoms with Gasteiger partial charge in [0, 0.05) is 0 Å². The minimum atomic E-state index is -0.0272. The second-order valence-corrected chi connectivity index (χ2v) is 3.30. The molecule has 1 aromatic rings. The van der Waals surface area contributed by atoms with Crippen LogP contribution in [-0.2, 0) is 0 Å². The molecule has 3 heteroatoms. The summed E-state index contributed by atoms with van der Waals surface area (Å²) in [6.07, 6.45) is 3.88. The van der Waals surface area contributed by atoms with Crippen LogP contribution in [0, 0.1) is 6.07 Å². The maximum absolute atomic E-state index is 10.9. The van der Waals surface area contributed by atoms with Gasteiger partial charge >= 0.3 is 58.2 Å². The number of hydrogen-bond acceptors (Lipinski definition) is 2. The fourth-order valence-electron chi connectivity index (χ4n) is 1.51. The molecule has 1 saturated carbocycles. The molecule has 1 aliphatic carbocycles. The summed E-state index contributed by atoms with van der Waals surface area (Å²) in [5.41, 5.74) is 1.26. The van der Waals surface area contributed by atoms with Crippen LogP contribution in [0.2, 0.25) is 0 Å². The van der Waals surface area contributed by atoms with Gasteiger partial charge in [-0.2, -0.15) is 12.1 Å². The van der Waals surface area contributed by atoms with Crippen molar-refractivity contribution >= 4 is 0 Å². The molecule has 0 radical (unpaired) electrons. The van der Waals surface area contributed by atoms with Gasteiger partial charge in [0.1, 0.15) is 0 Å². The molecule has 14 heavy (non-hydrogen) atoms. The van der Waals surface area contributed by atoms with Crippen LogP contribution < -0.4 is 63.6 Å². The summed E-state index contributed by atoms with van der Waals surface area (Å²) in [7, 11) is 0. The molecule has 1 aliphatic rings. The summed E-state index contributed by atoms with van der Waals surface area (Å²) in [6.45, 7) is 0. The van der Waals surface area contributed by atoms with Gasteiger partial charge in [0.25, 0.3) is 0 Å². The maximum Gasteiger partial charge on any atom is 1.00 e. The van der Waals surface area contributed by atoms with E-state index in [9.17, 15) is 4.79 Å². The normalized spacial score (nSPS) is 14.6. The standard InChI is InChI=1S/C11H11O.H2O.Rb/c12-11-6-2-5-10(7-8-11)9-3-1-4-9;;/h2,5,7-9H,1,3-4H2;1H2;/q-1;;+1/p-1. The van der Waals surface area contributed by atoms with Crippen LogP contribution in [-0.4, -0.2) is 5.48 Å². The Bertz CT molecular complexity index is 334. The van der Waals surface area contributed by atoms with Crippen molar-refractivity contribution in [1.29, 1.82) is 0 Å². The van der Waals surface area contributed by atoms with Crippen LogP contribution in [0.15, 0.2) is 29.1 Å². The van der Waals surface area contributed by atoms with E-state index < -0.39 is 0 Å². The van der Waals surface area contributed by atoms with Gasteiger partial charge in [-0.15, -0.1) is 23.8 Å². The maximum atomic E-state index is 10.9. The summed E-state index contributed by atoms with van der Waals surface area (Å²) < 4.78 is 0. The molecule has 1 N–H and O–H groups in total. The molecule has 0 spiro atoms. The molecular formula is C11H12O2Rb-. The fourth-order valence-corrected chi connectivity index (χ4v) is 1.51. The average Bonchev–Trinajstić information content (AvgIpc) is 2.12. The Balaban J connectivity index is 0.000000845. The van der Waals surface area contributed by atoms with Crippen molar-refractivity contribution in [3.8, 4) is 0 Å². The van der Waals surface area contributed by atoms with E-state index in [1.165, 1.54) is 24.8 Å². The average molecular weight is 262 g/mol. The van der Waals surface area contributed by atoms with Crippen molar-refractivity contribution in [3.05, 3.63) is 46.1 Å². The molecule has 70 valence electrons. The second-order valence-electron chi connectivity index (χ2n) is 3.30. The molecule has 0 unspecified atom stereocenters. The molecule has 0 bridgehead atoms. The van der Waals surface area contributed by atoms with Crippen molar-refractivity contribution in [1.82, 2.24) is 0 Å². The van der Waals surface area contributed by atoms with Crippen LogP contribution in [0.3, 0.4) is 0 Å². The van der Waals surface area contributed by atoms with E-state index in [-0.39, 0.29) is 69.1 Å². The first-order valence-corrected chi connectivity index (χ1v) is 4.38. The SMILES string of the molecule is O=c1[c-]ccc(C2CCC2)cc1.[OH-].[Rb+]. The van der Waals surface area contributed by atoms with Crippen molar-refractivity contribution in [2.45, 2.75) is 25.2 Å². The summed E-state index contributed by atoms with van der Waals surface area (Å²) in [5.74, 6) is 0.699. The Morgan fingerprint density at radius 3 is 2.50 bits per heavy atom. The summed E-state index contributed by atoms with van der Waals surface area (Å²) in [6, 6.07) is 9.93. The molecule has 0 atom stereocenters. The summed E-state index contributed by atoms with van der Waals surface area (Å²) in [5, 5.41) is 0. The fraction of sp³-hybridized carbons (Fsp3) is 0.364. The van der Waals surface area contributed by atoms with Crippen LogP contribution in [0.4, 0.5) is 0 Å². The van der Waals surface area contributed by atoms with Crippen molar-refractivity contribution in [2.24, 2.45) is 0 Å². The number of rotatable bonds is 1. The van der Waals surface area contributed by atoms with Gasteiger partial charge < -0.3 is 10.3 Å². The van der Waals surface area contributed by atoms with E-state index >= 15 is 0 Å². The molecule has 0 heterocycles. The minimum absolute atomic E-state index is 0. The largest absolute Gasteiger partial charge is 1.00 e. The third-order valence-electron chi connectivity index (χ3n) is 2.51. The quantitative estimate of drug-likeness (QED) is 0.605. The van der Waals surface area contributed by atoms with E-state index in [2.05, 4.69) is 6.07 Å². The predicted molar refractivity (Wildman–Crippen MR) is 50.1 cm³/mol. The molecule has 0 amide bonds. The molecule has 2 rings (SSSR count). The van der Waals surface area contributed by atoms with Crippen LogP contribution in [0.25, 0.3) is 0 Å². The van der Waals surface area contributed by atoms with Crippen molar-refractivity contribution in [2.75, 3.05) is 0 Å². The smallest absolute Gasteiger partial charge is 0.870 e. The van der Waals surface area contributed by atoms with Crippen LogP contribution >= 0.6 is 0 Å². The molecule has 1 fully saturated rings. The molecule has 0 aromatic heterocycles. The van der Waals surface area contributed by atoms with Gasteiger partial charge in [0.15, 0.2) is 0 Å². The molecule has 0 aliphatic heterocycles. The van der Waals surface area contributed by atoms with Crippen LogP contribution in [0.5, 0.6) is 0 Å². The topological polar surface area (TPSA) is 47.1 Å². The molecular weight excluding hydrogens is 250 g/mol. The van der Waals surface area contributed by atoms with Crippen LogP contribution in [0.1, 0.15) is 30.7 Å². The van der Waals surface area contributed by atoms with Gasteiger partial charge in [-0.05, 0) is 18.8 Å².